The van der Waals surface area contributed by atoms with Crippen molar-refractivity contribution < 1.29 is 63.2 Å². The number of fused-ring (bicyclic) bond motifs is 3. The second-order valence-electron chi connectivity index (χ2n) is 16.6. The Hall–Kier alpha value is -4.21. The Labute approximate surface area is 346 Å². The molecular weight excluding hydrogens is 780 g/mol. The van der Waals surface area contributed by atoms with Crippen molar-refractivity contribution in [2.75, 3.05) is 13.7 Å². The number of esters is 1. The first-order chi connectivity index (χ1) is 29.6. The molecule has 6 rings (SSSR count). The Balaban J connectivity index is 1.41. The SMILES string of the molecule is [2H]C([2H])([2H])C(OC(=O)C[C@@H]1C(=O)N2C[C@H](Oc3ncc(OC)c4ccccc34)C[C@H]2C(=O)C[C@]2(C(=O)NS(=O)(=O)C3(C)CC3)C[C@H]2/C=C\CC[C@H](C)C[C@H]1CC)(C([2H])([2H])[2H])C(F)(F)F. The fraction of sp³-hybridized carbons (Fsp3) is 0.643. The third kappa shape index (κ3) is 8.72. The number of hydrogen-bond acceptors (Lipinski definition) is 10. The zero-order valence-electron chi connectivity index (χ0n) is 38.9. The van der Waals surface area contributed by atoms with E-state index in [0.717, 1.165) is 4.90 Å². The summed E-state index contributed by atoms with van der Waals surface area (Å²) in [5, 5.41) is 1.16. The lowest BCUT2D eigenvalue weighted by Crippen LogP contribution is -2.49. The first-order valence-electron chi connectivity index (χ1n) is 22.6. The summed E-state index contributed by atoms with van der Waals surface area (Å²) in [6.07, 6.45) is -1.68. The van der Waals surface area contributed by atoms with Gasteiger partial charge in [0.1, 0.15) is 11.9 Å². The monoisotopic (exact) mass is 839 g/mol. The fourth-order valence-corrected chi connectivity index (χ4v) is 9.68. The van der Waals surface area contributed by atoms with Gasteiger partial charge >= 0.3 is 12.1 Å². The van der Waals surface area contributed by atoms with E-state index in [2.05, 4.69) is 14.4 Å². The summed E-state index contributed by atoms with van der Waals surface area (Å²) in [7, 11) is -2.66. The van der Waals surface area contributed by atoms with Crippen molar-refractivity contribution in [1.82, 2.24) is 14.6 Å². The number of benzene rings is 1. The Morgan fingerprint density at radius 1 is 1.12 bits per heavy atom. The average molecular weight is 840 g/mol. The summed E-state index contributed by atoms with van der Waals surface area (Å²) in [4.78, 5) is 63.3. The Bertz CT molecular complexity index is 2250. The molecule has 1 N–H and O–H groups in total. The number of sulfonamides is 1. The summed E-state index contributed by atoms with van der Waals surface area (Å²) < 4.78 is 134. The number of ether oxygens (including phenoxy) is 3. The lowest BCUT2D eigenvalue weighted by Gasteiger charge is -2.34. The van der Waals surface area contributed by atoms with Crippen LogP contribution in [-0.4, -0.2) is 84.2 Å². The smallest absolute Gasteiger partial charge is 0.427 e. The van der Waals surface area contributed by atoms with Gasteiger partial charge in [0, 0.05) is 31.8 Å². The normalized spacial score (nSPS) is 31.6. The van der Waals surface area contributed by atoms with Gasteiger partial charge in [-0.05, 0) is 83.0 Å². The molecule has 7 atom stereocenters. The van der Waals surface area contributed by atoms with Crippen LogP contribution < -0.4 is 14.2 Å². The minimum absolute atomic E-state index is 0.115. The highest BCUT2D eigenvalue weighted by Gasteiger charge is 2.63. The van der Waals surface area contributed by atoms with Crippen LogP contribution >= 0.6 is 0 Å². The minimum atomic E-state index is -6.10. The van der Waals surface area contributed by atoms with Gasteiger partial charge in [0.15, 0.2) is 5.78 Å². The van der Waals surface area contributed by atoms with Crippen LogP contribution in [0.2, 0.25) is 0 Å². The number of allylic oxidation sites excluding steroid dienone is 2. The highest BCUT2D eigenvalue weighted by Crippen LogP contribution is 2.58. The van der Waals surface area contributed by atoms with Gasteiger partial charge in [0.2, 0.25) is 33.3 Å². The first kappa shape index (κ1) is 35.7. The van der Waals surface area contributed by atoms with Crippen LogP contribution in [0.15, 0.2) is 42.6 Å². The zero-order valence-corrected chi connectivity index (χ0v) is 33.7. The number of pyridine rings is 1. The Morgan fingerprint density at radius 2 is 1.83 bits per heavy atom. The second kappa shape index (κ2) is 16.1. The molecule has 12 nitrogen and oxygen atoms in total. The molecule has 2 aliphatic carbocycles. The van der Waals surface area contributed by atoms with Gasteiger partial charge in [0.25, 0.3) is 0 Å². The number of hydrogen-bond donors (Lipinski definition) is 1. The molecule has 4 aliphatic rings. The number of amides is 2. The molecule has 0 bridgehead atoms. The quantitative estimate of drug-likeness (QED) is 0.198. The molecule has 0 radical (unpaired) electrons. The van der Waals surface area contributed by atoms with Gasteiger partial charge in [-0.25, -0.2) is 13.4 Å². The fourth-order valence-electron chi connectivity index (χ4n) is 8.35. The number of rotatable bonds is 10. The number of methoxy groups -OCH3 is 1. The highest BCUT2D eigenvalue weighted by atomic mass is 32.2. The molecule has 2 saturated carbocycles. The lowest BCUT2D eigenvalue weighted by molar-refractivity contribution is -0.257. The Kier molecular flexibility index (Phi) is 9.91. The topological polar surface area (TPSA) is 158 Å². The van der Waals surface area contributed by atoms with Gasteiger partial charge in [-0.3, -0.25) is 23.9 Å². The van der Waals surface area contributed by atoms with Crippen LogP contribution in [0.3, 0.4) is 0 Å². The number of halogens is 3. The number of carbonyl (C=O) groups is 4. The second-order valence-corrected chi connectivity index (χ2v) is 18.8. The van der Waals surface area contributed by atoms with Crippen LogP contribution in [0.25, 0.3) is 10.8 Å². The van der Waals surface area contributed by atoms with E-state index in [1.807, 2.05) is 13.0 Å². The van der Waals surface area contributed by atoms with Crippen molar-refractivity contribution in [3.8, 4) is 11.6 Å². The summed E-state index contributed by atoms with van der Waals surface area (Å²) in [6.45, 7) is -4.09. The molecular formula is C42H54F3N3O9S. The van der Waals surface area contributed by atoms with Crippen LogP contribution in [0, 0.1) is 29.1 Å². The third-order valence-electron chi connectivity index (χ3n) is 12.4. The molecule has 58 heavy (non-hydrogen) atoms. The van der Waals surface area contributed by atoms with Crippen molar-refractivity contribution >= 4 is 44.4 Å². The van der Waals surface area contributed by atoms with E-state index < -0.39 is 112 Å². The molecule has 318 valence electrons. The van der Waals surface area contributed by atoms with Crippen molar-refractivity contribution in [3.05, 3.63) is 42.6 Å². The molecule has 3 fully saturated rings. The molecule has 2 aromatic rings. The first-order valence-corrected chi connectivity index (χ1v) is 21.1. The van der Waals surface area contributed by atoms with Crippen molar-refractivity contribution in [2.24, 2.45) is 29.1 Å². The maximum Gasteiger partial charge on any atom is 0.427 e. The number of alkyl halides is 3. The van der Waals surface area contributed by atoms with Crippen LogP contribution in [0.1, 0.15) is 107 Å². The van der Waals surface area contributed by atoms with E-state index in [-0.39, 0.29) is 44.0 Å². The van der Waals surface area contributed by atoms with E-state index in [0.29, 0.717) is 42.2 Å². The molecule has 2 aliphatic heterocycles. The molecule has 3 heterocycles. The van der Waals surface area contributed by atoms with Gasteiger partial charge in [-0.1, -0.05) is 50.6 Å². The molecule has 0 unspecified atom stereocenters. The summed E-state index contributed by atoms with van der Waals surface area (Å²) in [5.41, 5.74) is -6.44. The maximum absolute atomic E-state index is 15.1. The van der Waals surface area contributed by atoms with Gasteiger partial charge < -0.3 is 19.1 Å². The number of nitrogens with zero attached hydrogens (tertiary/aromatic N) is 2. The average Bonchev–Trinajstić information content (AvgIpc) is 4.08. The molecule has 1 aromatic carbocycles. The van der Waals surface area contributed by atoms with Gasteiger partial charge in [0.05, 0.1) is 48.4 Å². The number of Topliss-reactive ketones (excluding diaryl/α,β-unsaturated/α-hetero) is 1. The predicted octanol–water partition coefficient (Wildman–Crippen LogP) is 6.85. The standard InChI is InChI=1S/C42H54F3N3O9S/c1-7-26-18-25(2)12-8-9-13-27-21-41(27,38(52)47-58(53,54)40(5)16-17-40)22-33(49)32-19-28(56-36-30-15-11-10-14-29(30)34(55-6)23-46-36)24-48(32)37(51)31(26)20-35(50)57-39(3,4)42(43,44)45/h9-11,13-15,23,25-28,31-32H,7-8,12,16-22,24H2,1-6H3,(H,47,52)/b13-9-/t25-,26+,27+,28+,31-,32-,41+/m0/s1/i3D3,4D3. The number of aromatic nitrogens is 1. The highest BCUT2D eigenvalue weighted by molar-refractivity contribution is 7.91. The van der Waals surface area contributed by atoms with E-state index in [9.17, 15) is 36.0 Å². The van der Waals surface area contributed by atoms with Crippen molar-refractivity contribution in [3.63, 3.8) is 0 Å². The third-order valence-corrected chi connectivity index (χ3v) is 14.6. The molecule has 2 amide bonds. The molecule has 0 spiro atoms. The van der Waals surface area contributed by atoms with Crippen molar-refractivity contribution in [1.29, 1.82) is 0 Å². The lowest BCUT2D eigenvalue weighted by atomic mass is 9.79. The number of ketones is 1. The van der Waals surface area contributed by atoms with Crippen LogP contribution in [0.5, 0.6) is 11.6 Å². The largest absolute Gasteiger partial charge is 0.494 e. The van der Waals surface area contributed by atoms with Gasteiger partial charge in [-0.15, -0.1) is 0 Å². The molecule has 1 saturated heterocycles. The van der Waals surface area contributed by atoms with E-state index >= 15 is 4.79 Å². The van der Waals surface area contributed by atoms with Gasteiger partial charge in [-0.2, -0.15) is 13.2 Å². The maximum atomic E-state index is 15.1. The van der Waals surface area contributed by atoms with E-state index in [4.69, 9.17) is 17.7 Å². The minimum Gasteiger partial charge on any atom is -0.494 e. The summed E-state index contributed by atoms with van der Waals surface area (Å²) in [5.74, 6) is -6.78. The van der Waals surface area contributed by atoms with Crippen molar-refractivity contribution in [2.45, 2.75) is 127 Å². The summed E-state index contributed by atoms with van der Waals surface area (Å²) in [6, 6.07) is 5.62. The van der Waals surface area contributed by atoms with E-state index in [1.165, 1.54) is 20.2 Å². The van der Waals surface area contributed by atoms with Crippen LogP contribution in [0.4, 0.5) is 13.2 Å². The molecule has 1 aromatic heterocycles. The number of carbonyl (C=O) groups excluding carboxylic acids is 4. The zero-order chi connectivity index (χ0) is 47.4. The summed E-state index contributed by atoms with van der Waals surface area (Å²) >= 11 is 0. The van der Waals surface area contributed by atoms with Crippen LogP contribution in [-0.2, 0) is 33.9 Å². The predicted molar refractivity (Wildman–Crippen MR) is 208 cm³/mol. The Morgan fingerprint density at radius 3 is 2.47 bits per heavy atom. The van der Waals surface area contributed by atoms with E-state index in [1.54, 1.807) is 37.3 Å². The molecule has 16 heteroatoms. The number of nitrogens with one attached hydrogen (secondary N) is 1.